The molecular weight excluding hydrogens is 176 g/mol. The minimum absolute atomic E-state index is 0.358. The van der Waals surface area contributed by atoms with Crippen molar-refractivity contribution in [2.24, 2.45) is 0 Å². The van der Waals surface area contributed by atoms with Crippen LogP contribution in [0, 0.1) is 0 Å². The van der Waals surface area contributed by atoms with Crippen LogP contribution in [0.5, 0.6) is 0 Å². The molecule has 0 spiro atoms. The van der Waals surface area contributed by atoms with E-state index in [1.54, 1.807) is 0 Å². The lowest BCUT2D eigenvalue weighted by atomic mass is 10.3. The van der Waals surface area contributed by atoms with Gasteiger partial charge in [-0.3, -0.25) is 4.79 Å². The van der Waals surface area contributed by atoms with Crippen molar-refractivity contribution >= 4 is 43.0 Å². The number of hydrogen-bond donors (Lipinski definition) is 4. The van der Waals surface area contributed by atoms with Crippen LogP contribution in [0.4, 0.5) is 0 Å². The molecule has 2 nitrogen and oxygen atoms in total. The third-order valence-electron chi connectivity index (χ3n) is 0.805. The summed E-state index contributed by atoms with van der Waals surface area (Å²) >= 11 is 11.1. The first-order valence-electron chi connectivity index (χ1n) is 2.29. The van der Waals surface area contributed by atoms with Crippen LogP contribution < -0.4 is 0 Å². The quantitative estimate of drug-likeness (QED) is 0.467. The molecule has 0 fully saturated rings. The van der Waals surface area contributed by atoms with E-state index < -0.39 is 16.5 Å². The lowest BCUT2D eigenvalue weighted by Gasteiger charge is -2.10. The molecule has 0 heterocycles. The number of carbonyl (C=O) groups excluding carboxylic acids is 1. The smallest absolute Gasteiger partial charge is 0.215 e. The van der Waals surface area contributed by atoms with E-state index in [9.17, 15) is 4.79 Å². The van der Waals surface area contributed by atoms with Crippen LogP contribution >= 0.6 is 37.9 Å². The van der Waals surface area contributed by atoms with E-state index >= 15 is 0 Å². The van der Waals surface area contributed by atoms with Crippen LogP contribution in [0.3, 0.4) is 0 Å². The Balaban J connectivity index is 3.72. The van der Waals surface area contributed by atoms with Crippen LogP contribution in [0.25, 0.3) is 0 Å². The number of aliphatic hydroxyl groups is 1. The van der Waals surface area contributed by atoms with Gasteiger partial charge in [0.2, 0.25) is 5.12 Å². The molecule has 0 radical (unpaired) electrons. The largest absolute Gasteiger partial charge is 0.383 e. The zero-order valence-corrected chi connectivity index (χ0v) is 7.24. The van der Waals surface area contributed by atoms with Crippen molar-refractivity contribution in [1.29, 1.82) is 0 Å². The van der Waals surface area contributed by atoms with E-state index in [1.807, 2.05) is 0 Å². The van der Waals surface area contributed by atoms with E-state index in [4.69, 9.17) is 5.11 Å². The van der Waals surface area contributed by atoms with E-state index in [0.717, 1.165) is 0 Å². The lowest BCUT2D eigenvalue weighted by molar-refractivity contribution is -0.117. The Labute approximate surface area is 70.3 Å². The van der Waals surface area contributed by atoms with Gasteiger partial charge in [0.25, 0.3) is 0 Å². The van der Waals surface area contributed by atoms with Gasteiger partial charge in [-0.05, 0) is 0 Å². The monoisotopic (exact) mass is 184 g/mol. The zero-order chi connectivity index (χ0) is 7.44. The fraction of sp³-hybridized carbons (Fsp3) is 0.750. The summed E-state index contributed by atoms with van der Waals surface area (Å²) in [6.07, 6.45) is -1.10. The Morgan fingerprint density at radius 1 is 1.67 bits per heavy atom. The zero-order valence-electron chi connectivity index (χ0n) is 4.56. The first kappa shape index (κ1) is 9.68. The predicted molar refractivity (Wildman–Crippen MR) is 46.6 cm³/mol. The molecule has 0 saturated heterocycles. The summed E-state index contributed by atoms with van der Waals surface area (Å²) in [7, 11) is 0. The summed E-state index contributed by atoms with van der Waals surface area (Å²) in [4.78, 5) is 10.3. The second-order valence-corrected chi connectivity index (χ2v) is 3.00. The van der Waals surface area contributed by atoms with Gasteiger partial charge in [0.15, 0.2) is 0 Å². The normalized spacial score (nSPS) is 16.9. The molecule has 0 saturated carbocycles. The summed E-state index contributed by atoms with van der Waals surface area (Å²) in [5.41, 5.74) is 0. The van der Waals surface area contributed by atoms with E-state index in [0.29, 0.717) is 5.75 Å². The standard InChI is InChI=1S/C4H8O2S3/c5-3(4(6)9)2(8)1-7/h2-3,5,7-8H,1H2,(H,6,9). The van der Waals surface area contributed by atoms with Gasteiger partial charge in [0, 0.05) is 11.0 Å². The Bertz CT molecular complexity index is 106. The number of hydrogen-bond acceptors (Lipinski definition) is 4. The Hall–Kier alpha value is 0.680. The van der Waals surface area contributed by atoms with Crippen molar-refractivity contribution in [2.45, 2.75) is 11.4 Å². The molecule has 0 aromatic carbocycles. The maximum atomic E-state index is 10.3. The van der Waals surface area contributed by atoms with Crippen molar-refractivity contribution in [3.05, 3.63) is 0 Å². The Morgan fingerprint density at radius 3 is 2.22 bits per heavy atom. The highest BCUT2D eigenvalue weighted by Gasteiger charge is 2.18. The number of carbonyl (C=O) groups is 1. The van der Waals surface area contributed by atoms with Gasteiger partial charge in [-0.1, -0.05) is 0 Å². The molecule has 0 aromatic rings. The van der Waals surface area contributed by atoms with Crippen LogP contribution in [-0.4, -0.2) is 27.3 Å². The minimum Gasteiger partial charge on any atom is -0.383 e. The molecular formula is C4H8O2S3. The summed E-state index contributed by atoms with van der Waals surface area (Å²) in [6, 6.07) is 0. The van der Waals surface area contributed by atoms with Crippen molar-refractivity contribution in [3.63, 3.8) is 0 Å². The maximum Gasteiger partial charge on any atom is 0.215 e. The summed E-state index contributed by atoms with van der Waals surface area (Å²) < 4.78 is 0. The van der Waals surface area contributed by atoms with Crippen molar-refractivity contribution in [2.75, 3.05) is 5.75 Å². The van der Waals surface area contributed by atoms with Gasteiger partial charge in [-0.25, -0.2) is 0 Å². The summed E-state index contributed by atoms with van der Waals surface area (Å²) in [5.74, 6) is 0.358. The molecule has 9 heavy (non-hydrogen) atoms. The summed E-state index contributed by atoms with van der Waals surface area (Å²) in [6.45, 7) is 0. The molecule has 2 unspecified atom stereocenters. The fourth-order valence-electron chi connectivity index (χ4n) is 0.264. The fourth-order valence-corrected chi connectivity index (χ4v) is 0.897. The third-order valence-corrected chi connectivity index (χ3v) is 2.22. The highest BCUT2D eigenvalue weighted by atomic mass is 32.1. The molecule has 0 amide bonds. The van der Waals surface area contributed by atoms with Crippen LogP contribution in [0.2, 0.25) is 0 Å². The van der Waals surface area contributed by atoms with E-state index in [2.05, 4.69) is 37.9 Å². The van der Waals surface area contributed by atoms with Crippen LogP contribution in [0.15, 0.2) is 0 Å². The highest BCUT2D eigenvalue weighted by molar-refractivity contribution is 7.97. The summed E-state index contributed by atoms with van der Waals surface area (Å²) in [5, 5.41) is 7.86. The number of aliphatic hydroxyl groups excluding tert-OH is 1. The van der Waals surface area contributed by atoms with Gasteiger partial charge >= 0.3 is 0 Å². The van der Waals surface area contributed by atoms with Crippen LogP contribution in [0.1, 0.15) is 0 Å². The average Bonchev–Trinajstić information content (AvgIpc) is 1.84. The molecule has 0 aliphatic rings. The SMILES string of the molecule is O=C(S)C(O)C(S)CS. The van der Waals surface area contributed by atoms with Crippen molar-refractivity contribution < 1.29 is 9.90 Å². The first-order chi connectivity index (χ1) is 4.09. The van der Waals surface area contributed by atoms with E-state index in [-0.39, 0.29) is 0 Å². The van der Waals surface area contributed by atoms with Crippen molar-refractivity contribution in [3.8, 4) is 0 Å². The Morgan fingerprint density at radius 2 is 2.11 bits per heavy atom. The average molecular weight is 184 g/mol. The van der Waals surface area contributed by atoms with Crippen molar-refractivity contribution in [1.82, 2.24) is 0 Å². The topological polar surface area (TPSA) is 37.3 Å². The van der Waals surface area contributed by atoms with Crippen LogP contribution in [-0.2, 0) is 4.79 Å². The predicted octanol–water partition coefficient (Wildman–Crippen LogP) is 0.0319. The Kier molecular flexibility index (Phi) is 4.83. The molecule has 0 aliphatic carbocycles. The molecule has 1 N–H and O–H groups in total. The molecule has 0 bridgehead atoms. The second kappa shape index (κ2) is 4.49. The van der Waals surface area contributed by atoms with Gasteiger partial charge in [0.1, 0.15) is 6.10 Å². The van der Waals surface area contributed by atoms with Gasteiger partial charge in [0.05, 0.1) is 0 Å². The third kappa shape index (κ3) is 3.40. The van der Waals surface area contributed by atoms with Gasteiger partial charge < -0.3 is 5.11 Å². The maximum absolute atomic E-state index is 10.3. The first-order valence-corrected chi connectivity index (χ1v) is 3.89. The molecule has 0 rings (SSSR count). The number of thiol groups is 3. The molecule has 54 valence electrons. The minimum atomic E-state index is -1.10. The van der Waals surface area contributed by atoms with Gasteiger partial charge in [-0.2, -0.15) is 25.3 Å². The lowest BCUT2D eigenvalue weighted by Crippen LogP contribution is -2.28. The number of rotatable bonds is 3. The molecule has 2 atom stereocenters. The van der Waals surface area contributed by atoms with Gasteiger partial charge in [-0.15, -0.1) is 12.6 Å². The highest BCUT2D eigenvalue weighted by Crippen LogP contribution is 2.06. The molecule has 0 aliphatic heterocycles. The molecule has 0 aromatic heterocycles. The van der Waals surface area contributed by atoms with E-state index in [1.165, 1.54) is 0 Å². The molecule has 5 heteroatoms. The second-order valence-electron chi connectivity index (χ2n) is 1.53.